The topological polar surface area (TPSA) is 121 Å². The Balaban J connectivity index is 0.000000479. The predicted octanol–water partition coefficient (Wildman–Crippen LogP) is 3.01. The van der Waals surface area contributed by atoms with E-state index in [4.69, 9.17) is 15.6 Å². The number of hydrogen-bond acceptors (Lipinski definition) is 6. The number of nitrogens with two attached hydrogens (primary N) is 1. The van der Waals surface area contributed by atoms with Crippen molar-refractivity contribution in [2.24, 2.45) is 5.73 Å². The molecule has 0 spiro atoms. The molecule has 1 amide bonds. The van der Waals surface area contributed by atoms with Crippen molar-refractivity contribution >= 4 is 17.7 Å². The van der Waals surface area contributed by atoms with Gasteiger partial charge in [0.25, 0.3) is 5.91 Å². The molecule has 1 fully saturated rings. The average Bonchev–Trinajstić information content (AvgIpc) is 3.27. The van der Waals surface area contributed by atoms with Gasteiger partial charge in [-0.1, -0.05) is 19.1 Å². The van der Waals surface area contributed by atoms with Crippen LogP contribution in [0.5, 0.6) is 0 Å². The second-order valence-corrected chi connectivity index (χ2v) is 7.41. The minimum Gasteiger partial charge on any atom is -0.475 e. The zero-order valence-electron chi connectivity index (χ0n) is 17.9. The van der Waals surface area contributed by atoms with Crippen molar-refractivity contribution in [3.63, 3.8) is 0 Å². The number of hydrogen-bond donors (Lipinski definition) is 3. The van der Waals surface area contributed by atoms with Crippen molar-refractivity contribution in [3.8, 4) is 0 Å². The Hall–Kier alpha value is -3.28. The first-order valence-corrected chi connectivity index (χ1v) is 10.2. The molecule has 2 heterocycles. The van der Waals surface area contributed by atoms with E-state index in [9.17, 15) is 22.4 Å². The van der Waals surface area contributed by atoms with Crippen LogP contribution in [-0.4, -0.2) is 64.2 Å². The van der Waals surface area contributed by atoms with Crippen molar-refractivity contribution in [3.05, 3.63) is 53.2 Å². The highest BCUT2D eigenvalue weighted by Gasteiger charge is 2.38. The molecule has 180 valence electrons. The summed E-state index contributed by atoms with van der Waals surface area (Å²) in [7, 11) is 0. The number of nitrogens with zero attached hydrogens (tertiary/aromatic N) is 3. The fourth-order valence-electron chi connectivity index (χ4n) is 3.21. The number of anilines is 1. The highest BCUT2D eigenvalue weighted by atomic mass is 19.4. The van der Waals surface area contributed by atoms with Crippen LogP contribution >= 0.6 is 0 Å². The molecule has 1 aliphatic heterocycles. The zero-order chi connectivity index (χ0) is 24.6. The molecule has 0 saturated carbocycles. The number of alkyl halides is 3. The van der Waals surface area contributed by atoms with E-state index in [1.165, 1.54) is 31.2 Å². The lowest BCUT2D eigenvalue weighted by Gasteiger charge is -2.19. The number of primary amides is 1. The molecule has 1 aliphatic rings. The van der Waals surface area contributed by atoms with E-state index in [2.05, 4.69) is 20.2 Å². The molecular formula is C21H25F4N5O3. The van der Waals surface area contributed by atoms with Crippen LogP contribution in [0.3, 0.4) is 0 Å². The maximum Gasteiger partial charge on any atom is 0.490 e. The van der Waals surface area contributed by atoms with Crippen molar-refractivity contribution in [2.45, 2.75) is 31.9 Å². The maximum atomic E-state index is 13.2. The summed E-state index contributed by atoms with van der Waals surface area (Å²) in [5.74, 6) is -3.19. The number of nitrogens with one attached hydrogen (secondary N) is 1. The summed E-state index contributed by atoms with van der Waals surface area (Å²) in [6.07, 6.45) is -1.19. The number of aromatic nitrogens is 2. The Labute approximate surface area is 187 Å². The van der Waals surface area contributed by atoms with Crippen molar-refractivity contribution < 1.29 is 32.3 Å². The van der Waals surface area contributed by atoms with E-state index in [0.717, 1.165) is 31.7 Å². The monoisotopic (exact) mass is 471 g/mol. The average molecular weight is 471 g/mol. The number of carbonyl (C=O) groups is 2. The third-order valence-corrected chi connectivity index (χ3v) is 4.99. The Kier molecular flexibility index (Phi) is 9.09. The molecule has 0 radical (unpaired) electrons. The lowest BCUT2D eigenvalue weighted by molar-refractivity contribution is -0.192. The lowest BCUT2D eigenvalue weighted by Crippen LogP contribution is -2.27. The van der Waals surface area contributed by atoms with Crippen LogP contribution in [0.1, 0.15) is 47.4 Å². The molecule has 12 heteroatoms. The predicted molar refractivity (Wildman–Crippen MR) is 112 cm³/mol. The Morgan fingerprint density at radius 3 is 2.30 bits per heavy atom. The lowest BCUT2D eigenvalue weighted by atomic mass is 9.97. The molecule has 33 heavy (non-hydrogen) atoms. The number of carboxylic acids is 1. The van der Waals surface area contributed by atoms with Gasteiger partial charge in [0.05, 0.1) is 11.9 Å². The molecule has 1 unspecified atom stereocenters. The molecule has 0 bridgehead atoms. The van der Waals surface area contributed by atoms with Crippen molar-refractivity contribution in [1.82, 2.24) is 14.9 Å². The minimum absolute atomic E-state index is 0.124. The second-order valence-electron chi connectivity index (χ2n) is 7.41. The summed E-state index contributed by atoms with van der Waals surface area (Å²) in [4.78, 5) is 31.6. The highest BCUT2D eigenvalue weighted by molar-refractivity contribution is 5.90. The molecule has 1 atom stereocenters. The molecule has 2 aromatic rings. The van der Waals surface area contributed by atoms with Gasteiger partial charge in [0, 0.05) is 19.0 Å². The van der Waals surface area contributed by atoms with Gasteiger partial charge in [0.2, 0.25) is 0 Å². The largest absolute Gasteiger partial charge is 0.490 e. The summed E-state index contributed by atoms with van der Waals surface area (Å²) >= 11 is 0. The first-order chi connectivity index (χ1) is 15.5. The van der Waals surface area contributed by atoms with Crippen LogP contribution in [0.2, 0.25) is 0 Å². The van der Waals surface area contributed by atoms with Crippen molar-refractivity contribution in [1.29, 1.82) is 0 Å². The summed E-state index contributed by atoms with van der Waals surface area (Å²) in [5, 5.41) is 10.5. The standard InChI is InChI=1S/C19H24FN5O.C2HF3O2/c1-13(14-4-6-15(20)7-5-14)17-19(23-12-16(24-17)18(21)26)22-8-11-25-9-2-3-10-25;3-2(4,5)1(6)7/h4-7,12-13H,2-3,8-11H2,1H3,(H2,21,26)(H,22,23);(H,6,7). The van der Waals surface area contributed by atoms with Crippen LogP contribution in [-0.2, 0) is 4.79 Å². The fourth-order valence-corrected chi connectivity index (χ4v) is 3.21. The minimum atomic E-state index is -5.08. The quantitative estimate of drug-likeness (QED) is 0.531. The first kappa shape index (κ1) is 26.0. The SMILES string of the molecule is CC(c1ccc(F)cc1)c1nc(C(N)=O)cnc1NCCN1CCCC1.O=C(O)C(F)(F)F. The van der Waals surface area contributed by atoms with E-state index < -0.39 is 18.1 Å². The van der Waals surface area contributed by atoms with Gasteiger partial charge in [0.1, 0.15) is 17.3 Å². The summed E-state index contributed by atoms with van der Waals surface area (Å²) in [5.41, 5.74) is 7.01. The molecule has 1 aromatic carbocycles. The third kappa shape index (κ3) is 7.97. The number of aliphatic carboxylic acids is 1. The van der Waals surface area contributed by atoms with E-state index in [1.54, 1.807) is 12.1 Å². The number of amides is 1. The van der Waals surface area contributed by atoms with Gasteiger partial charge in [-0.2, -0.15) is 13.2 Å². The molecule has 4 N–H and O–H groups in total. The molecular weight excluding hydrogens is 446 g/mol. The number of carbonyl (C=O) groups excluding carboxylic acids is 1. The first-order valence-electron chi connectivity index (χ1n) is 10.2. The fraction of sp³-hybridized carbons (Fsp3) is 0.429. The van der Waals surface area contributed by atoms with Gasteiger partial charge in [-0.15, -0.1) is 0 Å². The van der Waals surface area contributed by atoms with Gasteiger partial charge >= 0.3 is 12.1 Å². The van der Waals surface area contributed by atoms with Crippen LogP contribution in [0.4, 0.5) is 23.4 Å². The smallest absolute Gasteiger partial charge is 0.475 e. The van der Waals surface area contributed by atoms with Gasteiger partial charge in [-0.3, -0.25) is 4.79 Å². The van der Waals surface area contributed by atoms with Crippen LogP contribution < -0.4 is 11.1 Å². The molecule has 1 saturated heterocycles. The van der Waals surface area contributed by atoms with E-state index in [0.29, 0.717) is 11.5 Å². The van der Waals surface area contributed by atoms with Gasteiger partial charge in [-0.05, 0) is 43.6 Å². The summed E-state index contributed by atoms with van der Waals surface area (Å²) in [6.45, 7) is 5.89. The van der Waals surface area contributed by atoms with Gasteiger partial charge < -0.3 is 21.1 Å². The van der Waals surface area contributed by atoms with Crippen LogP contribution in [0.15, 0.2) is 30.5 Å². The Bertz CT molecular complexity index is 948. The summed E-state index contributed by atoms with van der Waals surface area (Å²) < 4.78 is 44.9. The third-order valence-electron chi connectivity index (χ3n) is 4.99. The molecule has 8 nitrogen and oxygen atoms in total. The number of benzene rings is 1. The van der Waals surface area contributed by atoms with Crippen molar-refractivity contribution in [2.75, 3.05) is 31.5 Å². The van der Waals surface area contributed by atoms with E-state index in [1.807, 2.05) is 6.92 Å². The molecule has 3 rings (SSSR count). The molecule has 1 aromatic heterocycles. The van der Waals surface area contributed by atoms with E-state index in [-0.39, 0.29) is 17.4 Å². The second kappa shape index (κ2) is 11.5. The Morgan fingerprint density at radius 1 is 1.21 bits per heavy atom. The zero-order valence-corrected chi connectivity index (χ0v) is 17.9. The number of halogens is 4. The Morgan fingerprint density at radius 2 is 1.79 bits per heavy atom. The van der Waals surface area contributed by atoms with Crippen LogP contribution in [0, 0.1) is 5.82 Å². The number of rotatable bonds is 7. The van der Waals surface area contributed by atoms with Crippen LogP contribution in [0.25, 0.3) is 0 Å². The van der Waals surface area contributed by atoms with Gasteiger partial charge in [-0.25, -0.2) is 19.2 Å². The molecule has 0 aliphatic carbocycles. The maximum absolute atomic E-state index is 13.2. The highest BCUT2D eigenvalue weighted by Crippen LogP contribution is 2.27. The normalized spacial score (nSPS) is 14.8. The van der Waals surface area contributed by atoms with Gasteiger partial charge in [0.15, 0.2) is 0 Å². The number of likely N-dealkylation sites (tertiary alicyclic amines) is 1. The van der Waals surface area contributed by atoms with E-state index >= 15 is 0 Å². The number of carboxylic acid groups (broad SMARTS) is 1. The summed E-state index contributed by atoms with van der Waals surface area (Å²) in [6, 6.07) is 6.26.